The van der Waals surface area contributed by atoms with E-state index in [0.29, 0.717) is 6.54 Å². The first-order valence-electron chi connectivity index (χ1n) is 6.98. The summed E-state index contributed by atoms with van der Waals surface area (Å²) < 4.78 is 0. The van der Waals surface area contributed by atoms with Gasteiger partial charge in [-0.3, -0.25) is 14.9 Å². The quantitative estimate of drug-likeness (QED) is 0.659. The minimum Gasteiger partial charge on any atom is -0.349 e. The van der Waals surface area contributed by atoms with Gasteiger partial charge in [0.1, 0.15) is 5.56 Å². The predicted octanol–water partition coefficient (Wildman–Crippen LogP) is 2.50. The van der Waals surface area contributed by atoms with Gasteiger partial charge in [0.25, 0.3) is 11.6 Å². The largest absolute Gasteiger partial charge is 0.349 e. The van der Waals surface area contributed by atoms with Crippen LogP contribution in [0.1, 0.15) is 36.0 Å². The van der Waals surface area contributed by atoms with Gasteiger partial charge in [-0.25, -0.2) is 0 Å². The highest BCUT2D eigenvalue weighted by Gasteiger charge is 2.29. The van der Waals surface area contributed by atoms with E-state index in [1.165, 1.54) is 18.2 Å². The molecule has 0 heterocycles. The van der Waals surface area contributed by atoms with E-state index in [1.54, 1.807) is 0 Å². The molecule has 0 aliphatic heterocycles. The van der Waals surface area contributed by atoms with Crippen LogP contribution < -0.4 is 11.1 Å². The van der Waals surface area contributed by atoms with Gasteiger partial charge in [-0.2, -0.15) is 0 Å². The molecule has 0 saturated heterocycles. The number of nitrogens with one attached hydrogen (secondary N) is 1. The Morgan fingerprint density at radius 2 is 2.14 bits per heavy atom. The van der Waals surface area contributed by atoms with E-state index in [0.717, 1.165) is 25.7 Å². The fourth-order valence-electron chi connectivity index (χ4n) is 2.81. The lowest BCUT2D eigenvalue weighted by Crippen LogP contribution is -2.44. The van der Waals surface area contributed by atoms with Crippen molar-refractivity contribution in [2.45, 2.75) is 31.7 Å². The summed E-state index contributed by atoms with van der Waals surface area (Å²) in [5.74, 6) is -0.290. The van der Waals surface area contributed by atoms with Crippen molar-refractivity contribution >= 4 is 23.2 Å². The second kappa shape index (κ2) is 6.87. The van der Waals surface area contributed by atoms with Crippen molar-refractivity contribution in [2.75, 3.05) is 6.54 Å². The molecule has 1 aromatic rings. The molecule has 1 aromatic carbocycles. The topological polar surface area (TPSA) is 98.3 Å². The van der Waals surface area contributed by atoms with Gasteiger partial charge in [0.05, 0.1) is 9.95 Å². The van der Waals surface area contributed by atoms with Crippen molar-refractivity contribution in [3.63, 3.8) is 0 Å². The Kier molecular flexibility index (Phi) is 5.14. The Labute approximate surface area is 127 Å². The Morgan fingerprint density at radius 3 is 2.81 bits per heavy atom. The van der Waals surface area contributed by atoms with E-state index < -0.39 is 10.8 Å². The second-order valence-corrected chi connectivity index (χ2v) is 5.66. The van der Waals surface area contributed by atoms with Crippen molar-refractivity contribution in [2.24, 2.45) is 11.7 Å². The summed E-state index contributed by atoms with van der Waals surface area (Å²) in [5, 5.41) is 14.0. The van der Waals surface area contributed by atoms with Crippen LogP contribution in [0.5, 0.6) is 0 Å². The standard InChI is InChI=1S/C14H18ClN3O3/c15-10-5-3-7-12(18(20)21)13(10)14(19)17-11-6-2-1-4-9(11)8-16/h3,5,7,9,11H,1-2,4,6,8,16H2,(H,17,19). The molecule has 114 valence electrons. The van der Waals surface area contributed by atoms with Crippen LogP contribution in [0.3, 0.4) is 0 Å². The Hall–Kier alpha value is -1.66. The molecule has 1 saturated carbocycles. The highest BCUT2D eigenvalue weighted by atomic mass is 35.5. The molecule has 0 aromatic heterocycles. The molecule has 1 fully saturated rings. The van der Waals surface area contributed by atoms with E-state index in [9.17, 15) is 14.9 Å². The van der Waals surface area contributed by atoms with Crippen molar-refractivity contribution in [1.29, 1.82) is 0 Å². The van der Waals surface area contributed by atoms with Gasteiger partial charge < -0.3 is 11.1 Å². The molecular weight excluding hydrogens is 294 g/mol. The average Bonchev–Trinajstić information content (AvgIpc) is 2.47. The highest BCUT2D eigenvalue weighted by molar-refractivity contribution is 6.34. The summed E-state index contributed by atoms with van der Waals surface area (Å²) in [6.45, 7) is 0.496. The molecule has 1 amide bonds. The SMILES string of the molecule is NCC1CCCCC1NC(=O)c1c(Cl)cccc1[N+](=O)[O-]. The normalized spacial score (nSPS) is 21.8. The lowest BCUT2D eigenvalue weighted by atomic mass is 9.84. The maximum Gasteiger partial charge on any atom is 0.283 e. The molecule has 2 unspecified atom stereocenters. The first-order chi connectivity index (χ1) is 10.0. The van der Waals surface area contributed by atoms with Crippen LogP contribution in [0.4, 0.5) is 5.69 Å². The van der Waals surface area contributed by atoms with Gasteiger partial charge in [0, 0.05) is 12.1 Å². The Morgan fingerprint density at radius 1 is 1.43 bits per heavy atom. The predicted molar refractivity (Wildman–Crippen MR) is 80.4 cm³/mol. The van der Waals surface area contributed by atoms with Gasteiger partial charge in [0.2, 0.25) is 0 Å². The average molecular weight is 312 g/mol. The zero-order valence-electron chi connectivity index (χ0n) is 11.5. The summed E-state index contributed by atoms with van der Waals surface area (Å²) in [7, 11) is 0. The van der Waals surface area contributed by atoms with Crippen LogP contribution in [0.25, 0.3) is 0 Å². The molecule has 6 nitrogen and oxygen atoms in total. The first-order valence-corrected chi connectivity index (χ1v) is 7.36. The van der Waals surface area contributed by atoms with E-state index >= 15 is 0 Å². The number of carbonyl (C=O) groups excluding carboxylic acids is 1. The fourth-order valence-corrected chi connectivity index (χ4v) is 3.07. The van der Waals surface area contributed by atoms with Crippen LogP contribution in [-0.2, 0) is 0 Å². The number of rotatable bonds is 4. The molecule has 1 aliphatic carbocycles. The minimum absolute atomic E-state index is 0.0490. The van der Waals surface area contributed by atoms with Crippen molar-refractivity contribution < 1.29 is 9.72 Å². The molecule has 3 N–H and O–H groups in total. The number of halogens is 1. The second-order valence-electron chi connectivity index (χ2n) is 5.25. The number of nitro benzene ring substituents is 1. The van der Waals surface area contributed by atoms with Crippen LogP contribution in [0, 0.1) is 16.0 Å². The summed E-state index contributed by atoms with van der Waals surface area (Å²) in [4.78, 5) is 22.8. The zero-order valence-corrected chi connectivity index (χ0v) is 12.3. The third kappa shape index (κ3) is 3.51. The molecule has 21 heavy (non-hydrogen) atoms. The third-order valence-corrected chi connectivity index (χ3v) is 4.26. The number of nitrogens with two attached hydrogens (primary N) is 1. The summed E-state index contributed by atoms with van der Waals surface area (Å²) in [5.41, 5.74) is 5.37. The smallest absolute Gasteiger partial charge is 0.283 e. The van der Waals surface area contributed by atoms with Gasteiger partial charge in [0.15, 0.2) is 0 Å². The number of hydrogen-bond acceptors (Lipinski definition) is 4. The molecule has 2 atom stereocenters. The van der Waals surface area contributed by atoms with Crippen molar-refractivity contribution in [1.82, 2.24) is 5.32 Å². The van der Waals surface area contributed by atoms with E-state index in [2.05, 4.69) is 5.32 Å². The molecular formula is C14H18ClN3O3. The molecule has 2 rings (SSSR count). The van der Waals surface area contributed by atoms with Gasteiger partial charge in [-0.1, -0.05) is 30.5 Å². The number of nitro groups is 1. The summed E-state index contributed by atoms with van der Waals surface area (Å²) in [6.07, 6.45) is 3.92. The highest BCUT2D eigenvalue weighted by Crippen LogP contribution is 2.28. The number of benzene rings is 1. The van der Waals surface area contributed by atoms with Crippen molar-refractivity contribution in [3.8, 4) is 0 Å². The molecule has 0 spiro atoms. The molecule has 0 bridgehead atoms. The minimum atomic E-state index is -0.595. The maximum atomic E-state index is 12.4. The molecule has 7 heteroatoms. The Balaban J connectivity index is 2.22. The van der Waals surface area contributed by atoms with Crippen molar-refractivity contribution in [3.05, 3.63) is 38.9 Å². The van der Waals surface area contributed by atoms with Crippen LogP contribution in [0.15, 0.2) is 18.2 Å². The van der Waals surface area contributed by atoms with Gasteiger partial charge in [-0.05, 0) is 31.4 Å². The van der Waals surface area contributed by atoms with Crippen LogP contribution in [0.2, 0.25) is 5.02 Å². The molecule has 1 aliphatic rings. The third-order valence-electron chi connectivity index (χ3n) is 3.94. The van der Waals surface area contributed by atoms with E-state index in [-0.39, 0.29) is 28.2 Å². The summed E-state index contributed by atoms with van der Waals surface area (Å²) in [6, 6.07) is 4.17. The number of carbonyl (C=O) groups is 1. The van der Waals surface area contributed by atoms with Gasteiger partial charge >= 0.3 is 0 Å². The monoisotopic (exact) mass is 311 g/mol. The van der Waals surface area contributed by atoms with Crippen LogP contribution in [-0.4, -0.2) is 23.4 Å². The van der Waals surface area contributed by atoms with Gasteiger partial charge in [-0.15, -0.1) is 0 Å². The number of amides is 1. The van der Waals surface area contributed by atoms with E-state index in [1.807, 2.05) is 0 Å². The Bertz CT molecular complexity index is 550. The first kappa shape index (κ1) is 15.7. The zero-order chi connectivity index (χ0) is 15.4. The lowest BCUT2D eigenvalue weighted by Gasteiger charge is -2.31. The maximum absolute atomic E-state index is 12.4. The molecule has 0 radical (unpaired) electrons. The lowest BCUT2D eigenvalue weighted by molar-refractivity contribution is -0.385. The van der Waals surface area contributed by atoms with E-state index in [4.69, 9.17) is 17.3 Å². The summed E-state index contributed by atoms with van der Waals surface area (Å²) >= 11 is 5.97. The van der Waals surface area contributed by atoms with Crippen LogP contribution >= 0.6 is 11.6 Å². The fraction of sp³-hybridized carbons (Fsp3) is 0.500. The number of hydrogen-bond donors (Lipinski definition) is 2. The number of nitrogens with zero attached hydrogens (tertiary/aromatic N) is 1.